The number of hydrogen-bond donors (Lipinski definition) is 1. The van der Waals surface area contributed by atoms with Gasteiger partial charge in [0, 0.05) is 18.1 Å². The fourth-order valence-electron chi connectivity index (χ4n) is 3.02. The third-order valence-electron chi connectivity index (χ3n) is 4.40. The van der Waals surface area contributed by atoms with E-state index in [1.54, 1.807) is 42.5 Å². The van der Waals surface area contributed by atoms with Crippen molar-refractivity contribution in [3.8, 4) is 0 Å². The maximum atomic E-state index is 12.8. The third-order valence-corrected chi connectivity index (χ3v) is 6.60. The number of hydrogen-bond acceptors (Lipinski definition) is 3. The number of nitrogens with zero attached hydrogens (tertiary/aromatic N) is 1. The number of aromatic carboxylic acids is 1. The Hall–Kier alpha value is -1.89. The molecule has 1 aliphatic heterocycles. The number of sulfonamides is 1. The van der Waals surface area contributed by atoms with E-state index in [0.29, 0.717) is 36.5 Å². The molecule has 0 aliphatic carbocycles. The maximum Gasteiger partial charge on any atom is 0.335 e. The van der Waals surface area contributed by atoms with Crippen LogP contribution in [-0.2, 0) is 28.6 Å². The molecule has 0 radical (unpaired) electrons. The SMILES string of the molecule is O=C(O)c1ccc2c(c1)CCN(S(=O)(=O)Cc1ccccc1Cl)CC2. The van der Waals surface area contributed by atoms with Gasteiger partial charge in [-0.3, -0.25) is 0 Å². The maximum absolute atomic E-state index is 12.8. The summed E-state index contributed by atoms with van der Waals surface area (Å²) in [5.74, 6) is -1.11. The highest BCUT2D eigenvalue weighted by Crippen LogP contribution is 2.23. The van der Waals surface area contributed by atoms with Gasteiger partial charge >= 0.3 is 5.97 Å². The number of fused-ring (bicyclic) bond motifs is 1. The molecular weight excluding hydrogens is 362 g/mol. The Bertz CT molecular complexity index is 911. The van der Waals surface area contributed by atoms with Crippen molar-refractivity contribution in [1.29, 1.82) is 0 Å². The minimum Gasteiger partial charge on any atom is -0.478 e. The fourth-order valence-corrected chi connectivity index (χ4v) is 4.87. The normalized spacial score (nSPS) is 15.4. The molecule has 1 heterocycles. The number of carboxylic acid groups (broad SMARTS) is 1. The van der Waals surface area contributed by atoms with Crippen molar-refractivity contribution >= 4 is 27.6 Å². The van der Waals surface area contributed by atoms with Crippen LogP contribution in [0.1, 0.15) is 27.0 Å². The highest BCUT2D eigenvalue weighted by molar-refractivity contribution is 7.88. The van der Waals surface area contributed by atoms with Crippen LogP contribution in [0.4, 0.5) is 0 Å². The molecule has 0 fully saturated rings. The lowest BCUT2D eigenvalue weighted by Gasteiger charge is -2.20. The van der Waals surface area contributed by atoms with Crippen LogP contribution >= 0.6 is 11.6 Å². The van der Waals surface area contributed by atoms with Gasteiger partial charge in [0.25, 0.3) is 0 Å². The minimum atomic E-state index is -3.49. The van der Waals surface area contributed by atoms with Crippen molar-refractivity contribution in [3.63, 3.8) is 0 Å². The van der Waals surface area contributed by atoms with Gasteiger partial charge in [0.1, 0.15) is 0 Å². The lowest BCUT2D eigenvalue weighted by molar-refractivity contribution is 0.0696. The zero-order chi connectivity index (χ0) is 18.0. The van der Waals surface area contributed by atoms with Gasteiger partial charge in [0.2, 0.25) is 10.0 Å². The molecule has 0 bridgehead atoms. The monoisotopic (exact) mass is 379 g/mol. The minimum absolute atomic E-state index is 0.136. The fraction of sp³-hybridized carbons (Fsp3) is 0.278. The summed E-state index contributed by atoms with van der Waals surface area (Å²) in [6.07, 6.45) is 1.06. The first kappa shape index (κ1) is 17.9. The first-order chi connectivity index (χ1) is 11.9. The lowest BCUT2D eigenvalue weighted by atomic mass is 10.0. The van der Waals surface area contributed by atoms with E-state index in [1.165, 1.54) is 4.31 Å². The quantitative estimate of drug-likeness (QED) is 0.886. The van der Waals surface area contributed by atoms with Gasteiger partial charge in [0.05, 0.1) is 11.3 Å². The molecule has 1 aliphatic rings. The zero-order valence-electron chi connectivity index (χ0n) is 13.5. The predicted molar refractivity (Wildman–Crippen MR) is 96.5 cm³/mol. The van der Waals surface area contributed by atoms with E-state index >= 15 is 0 Å². The van der Waals surface area contributed by atoms with E-state index in [-0.39, 0.29) is 11.3 Å². The van der Waals surface area contributed by atoms with Crippen LogP contribution in [0.2, 0.25) is 5.02 Å². The van der Waals surface area contributed by atoms with Crippen molar-refractivity contribution in [3.05, 3.63) is 69.7 Å². The predicted octanol–water partition coefficient (Wildman–Crippen LogP) is 2.97. The molecule has 0 aromatic heterocycles. The third kappa shape index (κ3) is 4.03. The summed E-state index contributed by atoms with van der Waals surface area (Å²) < 4.78 is 27.0. The van der Waals surface area contributed by atoms with Gasteiger partial charge in [-0.15, -0.1) is 0 Å². The summed E-state index contributed by atoms with van der Waals surface area (Å²) in [6, 6.07) is 11.9. The van der Waals surface area contributed by atoms with E-state index in [2.05, 4.69) is 0 Å². The summed E-state index contributed by atoms with van der Waals surface area (Å²) in [5.41, 5.74) is 2.71. The van der Waals surface area contributed by atoms with Gasteiger partial charge in [-0.1, -0.05) is 35.9 Å². The average Bonchev–Trinajstić information content (AvgIpc) is 2.79. The largest absolute Gasteiger partial charge is 0.478 e. The van der Waals surface area contributed by atoms with Gasteiger partial charge in [-0.2, -0.15) is 0 Å². The van der Waals surface area contributed by atoms with Crippen molar-refractivity contribution in [1.82, 2.24) is 4.31 Å². The summed E-state index contributed by atoms with van der Waals surface area (Å²) in [6.45, 7) is 0.717. The Labute approximate surface area is 151 Å². The van der Waals surface area contributed by atoms with E-state index in [0.717, 1.165) is 11.1 Å². The second-order valence-electron chi connectivity index (χ2n) is 6.04. The van der Waals surface area contributed by atoms with E-state index in [9.17, 15) is 13.2 Å². The number of carboxylic acids is 1. The molecule has 0 atom stereocenters. The molecule has 132 valence electrons. The van der Waals surface area contributed by atoms with Crippen LogP contribution in [0, 0.1) is 0 Å². The van der Waals surface area contributed by atoms with Crippen molar-refractivity contribution in [2.75, 3.05) is 13.1 Å². The molecule has 25 heavy (non-hydrogen) atoms. The van der Waals surface area contributed by atoms with E-state index < -0.39 is 16.0 Å². The van der Waals surface area contributed by atoms with Gasteiger partial charge in [0.15, 0.2) is 0 Å². The summed E-state index contributed by atoms with van der Waals surface area (Å²) in [5, 5.41) is 9.55. The second kappa shape index (κ2) is 7.15. The Morgan fingerprint density at radius 2 is 1.76 bits per heavy atom. The van der Waals surface area contributed by atoms with Crippen molar-refractivity contribution in [2.45, 2.75) is 18.6 Å². The van der Waals surface area contributed by atoms with E-state index in [4.69, 9.17) is 16.7 Å². The number of halogens is 1. The summed E-state index contributed by atoms with van der Waals surface area (Å²) in [4.78, 5) is 11.1. The molecule has 0 saturated heterocycles. The molecule has 0 amide bonds. The van der Waals surface area contributed by atoms with Crippen LogP contribution in [0.15, 0.2) is 42.5 Å². The molecule has 1 N–H and O–H groups in total. The molecule has 3 rings (SSSR count). The summed E-state index contributed by atoms with van der Waals surface area (Å²) in [7, 11) is -3.49. The van der Waals surface area contributed by atoms with Gasteiger partial charge < -0.3 is 5.11 Å². The highest BCUT2D eigenvalue weighted by Gasteiger charge is 2.26. The number of benzene rings is 2. The molecule has 0 saturated carbocycles. The molecular formula is C18H18ClNO4S. The zero-order valence-corrected chi connectivity index (χ0v) is 15.1. The molecule has 2 aromatic carbocycles. The Kier molecular flexibility index (Phi) is 5.13. The first-order valence-electron chi connectivity index (χ1n) is 7.93. The first-order valence-corrected chi connectivity index (χ1v) is 9.92. The standard InChI is InChI=1S/C18H18ClNO4S/c19-17-4-2-1-3-16(17)12-25(23,24)20-9-7-13-5-6-15(18(21)22)11-14(13)8-10-20/h1-6,11H,7-10,12H2,(H,21,22). The second-order valence-corrected chi connectivity index (χ2v) is 8.41. The van der Waals surface area contributed by atoms with Crippen LogP contribution < -0.4 is 0 Å². The van der Waals surface area contributed by atoms with Gasteiger partial charge in [-0.05, 0) is 47.7 Å². The van der Waals surface area contributed by atoms with Crippen LogP contribution in [0.5, 0.6) is 0 Å². The number of rotatable bonds is 4. The van der Waals surface area contributed by atoms with Crippen molar-refractivity contribution < 1.29 is 18.3 Å². The van der Waals surface area contributed by atoms with E-state index in [1.807, 2.05) is 0 Å². The van der Waals surface area contributed by atoms with Crippen molar-refractivity contribution in [2.24, 2.45) is 0 Å². The molecule has 7 heteroatoms. The highest BCUT2D eigenvalue weighted by atomic mass is 35.5. The molecule has 5 nitrogen and oxygen atoms in total. The number of carbonyl (C=O) groups is 1. The Morgan fingerprint density at radius 1 is 1.08 bits per heavy atom. The Balaban J connectivity index is 1.79. The van der Waals surface area contributed by atoms with Crippen LogP contribution in [0.3, 0.4) is 0 Å². The lowest BCUT2D eigenvalue weighted by Crippen LogP contribution is -2.34. The molecule has 0 unspecified atom stereocenters. The molecule has 2 aromatic rings. The summed E-state index contributed by atoms with van der Waals surface area (Å²) >= 11 is 6.08. The smallest absolute Gasteiger partial charge is 0.335 e. The van der Waals surface area contributed by atoms with Crippen LogP contribution in [0.25, 0.3) is 0 Å². The van der Waals surface area contributed by atoms with Crippen LogP contribution in [-0.4, -0.2) is 36.9 Å². The van der Waals surface area contributed by atoms with Gasteiger partial charge in [-0.25, -0.2) is 17.5 Å². The molecule has 0 spiro atoms. The average molecular weight is 380 g/mol. The topological polar surface area (TPSA) is 74.7 Å². The Morgan fingerprint density at radius 3 is 2.44 bits per heavy atom.